The van der Waals surface area contributed by atoms with Crippen LogP contribution in [-0.4, -0.2) is 42.9 Å². The summed E-state index contributed by atoms with van der Waals surface area (Å²) in [5.74, 6) is -1.04. The predicted octanol–water partition coefficient (Wildman–Crippen LogP) is 4.30. The van der Waals surface area contributed by atoms with Crippen LogP contribution in [0.4, 0.5) is 18.9 Å². The first-order valence-electron chi connectivity index (χ1n) is 11.3. The van der Waals surface area contributed by atoms with Crippen LogP contribution in [0.2, 0.25) is 0 Å². The lowest BCUT2D eigenvalue weighted by molar-refractivity contribution is -0.141. The third-order valence-corrected chi connectivity index (χ3v) is 5.73. The van der Waals surface area contributed by atoms with Crippen molar-refractivity contribution in [3.8, 4) is 11.3 Å². The van der Waals surface area contributed by atoms with Gasteiger partial charge in [0.25, 0.3) is 0 Å². The summed E-state index contributed by atoms with van der Waals surface area (Å²) in [5.41, 5.74) is 1.71. The van der Waals surface area contributed by atoms with Gasteiger partial charge in [-0.3, -0.25) is 9.48 Å². The zero-order chi connectivity index (χ0) is 25.4. The monoisotopic (exact) mass is 498 g/mol. The highest BCUT2D eigenvalue weighted by Crippen LogP contribution is 2.42. The molecule has 1 aliphatic carbocycles. The number of nitrogens with one attached hydrogen (secondary N) is 1. The largest absolute Gasteiger partial charge is 0.462 e. The number of carbonyl (C=O) groups excluding carboxylic acids is 2. The number of nitrogens with zero attached hydrogens (tertiary/aromatic N) is 5. The summed E-state index contributed by atoms with van der Waals surface area (Å²) in [6.45, 7) is 1.58. The van der Waals surface area contributed by atoms with E-state index in [0.29, 0.717) is 28.3 Å². The average molecular weight is 498 g/mol. The highest BCUT2D eigenvalue weighted by Gasteiger charge is 2.38. The van der Waals surface area contributed by atoms with E-state index in [0.717, 1.165) is 23.6 Å². The standard InChI is InChI=1S/C24H21F3N6O3/c1-2-36-23(35)17-12-29-33-18(8-9-28-22(17)33)15-4-3-5-16(10-15)30-21(34)13-32-19(14-6-7-14)11-20(31-32)24(25,26)27/h3-5,8-12,14H,2,6-7,13H2,1H3,(H,30,34). The van der Waals surface area contributed by atoms with Gasteiger partial charge in [-0.05, 0) is 44.0 Å². The Hall–Kier alpha value is -4.22. The maximum atomic E-state index is 13.1. The number of halogens is 3. The molecule has 1 saturated carbocycles. The van der Waals surface area contributed by atoms with Gasteiger partial charge in [0, 0.05) is 29.1 Å². The van der Waals surface area contributed by atoms with E-state index < -0.39 is 23.7 Å². The fraction of sp³-hybridized carbons (Fsp3) is 0.292. The van der Waals surface area contributed by atoms with Gasteiger partial charge in [-0.2, -0.15) is 23.4 Å². The van der Waals surface area contributed by atoms with Crippen LogP contribution in [0, 0.1) is 0 Å². The molecule has 0 bridgehead atoms. The molecule has 4 aromatic rings. The Balaban J connectivity index is 1.37. The second-order valence-corrected chi connectivity index (χ2v) is 8.36. The molecule has 1 aliphatic rings. The molecular weight excluding hydrogens is 477 g/mol. The SMILES string of the molecule is CCOC(=O)c1cnn2c(-c3cccc(NC(=O)Cn4nc(C(F)(F)F)cc4C4CC4)c3)ccnc12. The summed E-state index contributed by atoms with van der Waals surface area (Å²) < 4.78 is 47.1. The maximum Gasteiger partial charge on any atom is 0.435 e. The molecule has 3 aromatic heterocycles. The molecule has 36 heavy (non-hydrogen) atoms. The Morgan fingerprint density at radius 2 is 2.00 bits per heavy atom. The van der Waals surface area contributed by atoms with Gasteiger partial charge in [-0.25, -0.2) is 14.3 Å². The zero-order valence-electron chi connectivity index (χ0n) is 19.1. The summed E-state index contributed by atoms with van der Waals surface area (Å²) in [5, 5.41) is 10.6. The summed E-state index contributed by atoms with van der Waals surface area (Å²) in [6.07, 6.45) is -0.103. The Labute approximate surface area is 202 Å². The number of hydrogen-bond acceptors (Lipinski definition) is 6. The van der Waals surface area contributed by atoms with E-state index in [1.165, 1.54) is 16.9 Å². The highest BCUT2D eigenvalue weighted by molar-refractivity contribution is 5.96. The normalized spacial score (nSPS) is 13.7. The number of alkyl halides is 3. The topological polar surface area (TPSA) is 103 Å². The minimum Gasteiger partial charge on any atom is -0.462 e. The van der Waals surface area contributed by atoms with Gasteiger partial charge in [0.15, 0.2) is 11.3 Å². The van der Waals surface area contributed by atoms with Crippen molar-refractivity contribution in [2.24, 2.45) is 0 Å². The number of aromatic nitrogens is 5. The van der Waals surface area contributed by atoms with Crippen molar-refractivity contribution in [3.63, 3.8) is 0 Å². The lowest BCUT2D eigenvalue weighted by atomic mass is 10.1. The van der Waals surface area contributed by atoms with Gasteiger partial charge in [-0.15, -0.1) is 0 Å². The van der Waals surface area contributed by atoms with Gasteiger partial charge in [0.1, 0.15) is 12.1 Å². The van der Waals surface area contributed by atoms with Crippen LogP contribution in [0.1, 0.15) is 47.4 Å². The summed E-state index contributed by atoms with van der Waals surface area (Å²) in [6, 6.07) is 9.61. The van der Waals surface area contributed by atoms with Crippen LogP contribution in [0.3, 0.4) is 0 Å². The second-order valence-electron chi connectivity index (χ2n) is 8.36. The molecular formula is C24H21F3N6O3. The van der Waals surface area contributed by atoms with Gasteiger partial charge < -0.3 is 10.1 Å². The lowest BCUT2D eigenvalue weighted by Crippen LogP contribution is -2.21. The number of anilines is 1. The van der Waals surface area contributed by atoms with Crippen LogP contribution < -0.4 is 5.32 Å². The summed E-state index contributed by atoms with van der Waals surface area (Å²) >= 11 is 0. The average Bonchev–Trinajstić information content (AvgIpc) is 3.43. The Morgan fingerprint density at radius 3 is 2.72 bits per heavy atom. The molecule has 0 radical (unpaired) electrons. The maximum absolute atomic E-state index is 13.1. The Bertz CT molecular complexity index is 1460. The molecule has 3 heterocycles. The number of hydrogen-bond donors (Lipinski definition) is 1. The molecule has 9 nitrogen and oxygen atoms in total. The summed E-state index contributed by atoms with van der Waals surface area (Å²) in [4.78, 5) is 29.1. The van der Waals surface area contributed by atoms with Gasteiger partial charge in [-0.1, -0.05) is 12.1 Å². The van der Waals surface area contributed by atoms with Crippen molar-refractivity contribution in [3.05, 3.63) is 65.7 Å². The van der Waals surface area contributed by atoms with Crippen molar-refractivity contribution in [1.82, 2.24) is 24.4 Å². The zero-order valence-corrected chi connectivity index (χ0v) is 19.1. The number of rotatable bonds is 7. The molecule has 1 amide bonds. The van der Waals surface area contributed by atoms with Gasteiger partial charge in [0.2, 0.25) is 5.91 Å². The molecule has 5 rings (SSSR count). The molecule has 0 unspecified atom stereocenters. The van der Waals surface area contributed by atoms with Crippen LogP contribution in [-0.2, 0) is 22.3 Å². The molecule has 186 valence electrons. The van der Waals surface area contributed by atoms with Crippen molar-refractivity contribution in [1.29, 1.82) is 0 Å². The first-order chi connectivity index (χ1) is 17.2. The van der Waals surface area contributed by atoms with Crippen LogP contribution in [0.25, 0.3) is 16.9 Å². The van der Waals surface area contributed by atoms with Crippen molar-refractivity contribution < 1.29 is 27.5 Å². The van der Waals surface area contributed by atoms with E-state index >= 15 is 0 Å². The van der Waals surface area contributed by atoms with Crippen LogP contribution in [0.5, 0.6) is 0 Å². The first-order valence-corrected chi connectivity index (χ1v) is 11.3. The minimum atomic E-state index is -4.57. The van der Waals surface area contributed by atoms with Gasteiger partial charge in [0.05, 0.1) is 18.5 Å². The highest BCUT2D eigenvalue weighted by atomic mass is 19.4. The minimum absolute atomic E-state index is 0.00704. The fourth-order valence-electron chi connectivity index (χ4n) is 3.96. The number of amides is 1. The predicted molar refractivity (Wildman–Crippen MR) is 122 cm³/mol. The van der Waals surface area contributed by atoms with Crippen LogP contribution in [0.15, 0.2) is 48.8 Å². The molecule has 1 aromatic carbocycles. The van der Waals surface area contributed by atoms with Crippen LogP contribution >= 0.6 is 0 Å². The Morgan fingerprint density at radius 1 is 1.19 bits per heavy atom. The fourth-order valence-corrected chi connectivity index (χ4v) is 3.96. The van der Waals surface area contributed by atoms with Crippen molar-refractivity contribution in [2.75, 3.05) is 11.9 Å². The van der Waals surface area contributed by atoms with E-state index in [1.54, 1.807) is 37.3 Å². The molecule has 0 atom stereocenters. The molecule has 1 N–H and O–H groups in total. The smallest absolute Gasteiger partial charge is 0.435 e. The number of ether oxygens (including phenoxy) is 1. The number of benzene rings is 1. The van der Waals surface area contributed by atoms with Crippen molar-refractivity contribution in [2.45, 2.75) is 38.4 Å². The first kappa shape index (κ1) is 23.5. The van der Waals surface area contributed by atoms with E-state index in [2.05, 4.69) is 20.5 Å². The van der Waals surface area contributed by atoms with E-state index in [4.69, 9.17) is 4.74 Å². The Kier molecular flexibility index (Phi) is 5.94. The summed E-state index contributed by atoms with van der Waals surface area (Å²) in [7, 11) is 0. The van der Waals surface area contributed by atoms with Crippen molar-refractivity contribution >= 4 is 23.2 Å². The quantitative estimate of drug-likeness (QED) is 0.381. The lowest BCUT2D eigenvalue weighted by Gasteiger charge is -2.10. The molecule has 0 saturated heterocycles. The number of esters is 1. The second kappa shape index (κ2) is 9.10. The number of carbonyl (C=O) groups is 2. The third-order valence-electron chi connectivity index (χ3n) is 5.73. The molecule has 12 heteroatoms. The van der Waals surface area contributed by atoms with Gasteiger partial charge >= 0.3 is 12.1 Å². The molecule has 0 aliphatic heterocycles. The molecule has 0 spiro atoms. The van der Waals surface area contributed by atoms with E-state index in [9.17, 15) is 22.8 Å². The molecule has 1 fully saturated rings. The number of fused-ring (bicyclic) bond motifs is 1. The third kappa shape index (κ3) is 4.66. The van der Waals surface area contributed by atoms with E-state index in [1.807, 2.05) is 0 Å². The van der Waals surface area contributed by atoms with E-state index in [-0.39, 0.29) is 24.6 Å².